The normalized spacial score (nSPS) is 17.1. The molecule has 1 saturated carbocycles. The highest BCUT2D eigenvalue weighted by Gasteiger charge is 2.39. The zero-order valence-corrected chi connectivity index (χ0v) is 11.2. The molecule has 0 spiro atoms. The van der Waals surface area contributed by atoms with Gasteiger partial charge in [0.05, 0.1) is 6.42 Å². The van der Waals surface area contributed by atoms with Gasteiger partial charge in [-0.25, -0.2) is 4.79 Å². The lowest BCUT2D eigenvalue weighted by molar-refractivity contribution is -0.141. The van der Waals surface area contributed by atoms with Crippen molar-refractivity contribution in [3.8, 4) is 0 Å². The summed E-state index contributed by atoms with van der Waals surface area (Å²) in [4.78, 5) is 24.3. The van der Waals surface area contributed by atoms with E-state index in [1.165, 1.54) is 0 Å². The number of carbonyl (C=O) groups excluding carboxylic acids is 1. The van der Waals surface area contributed by atoms with Crippen LogP contribution in [-0.4, -0.2) is 55.7 Å². The number of carbonyl (C=O) groups is 2. The topological polar surface area (TPSA) is 81.7 Å². The van der Waals surface area contributed by atoms with Gasteiger partial charge in [0, 0.05) is 19.6 Å². The Labute approximate surface area is 108 Å². The molecule has 0 aromatic heterocycles. The third kappa shape index (κ3) is 4.91. The predicted molar refractivity (Wildman–Crippen MR) is 68.5 cm³/mol. The van der Waals surface area contributed by atoms with Gasteiger partial charge >= 0.3 is 12.0 Å². The van der Waals surface area contributed by atoms with E-state index >= 15 is 0 Å². The molecule has 0 radical (unpaired) electrons. The largest absolute Gasteiger partial charge is 0.481 e. The molecule has 104 valence electrons. The molecule has 0 bridgehead atoms. The molecule has 0 aromatic rings. The number of carboxylic acid groups (broad SMARTS) is 1. The van der Waals surface area contributed by atoms with Gasteiger partial charge in [0.2, 0.25) is 0 Å². The van der Waals surface area contributed by atoms with Crippen molar-refractivity contribution < 1.29 is 14.7 Å². The summed E-state index contributed by atoms with van der Waals surface area (Å²) in [7, 11) is 3.88. The van der Waals surface area contributed by atoms with Crippen LogP contribution in [-0.2, 0) is 4.79 Å². The second kappa shape index (κ2) is 6.58. The van der Waals surface area contributed by atoms with Crippen LogP contribution in [0.3, 0.4) is 0 Å². The molecule has 1 aliphatic carbocycles. The lowest BCUT2D eigenvalue weighted by Crippen LogP contribution is -2.47. The Balaban J connectivity index is 2.22. The summed E-state index contributed by atoms with van der Waals surface area (Å²) in [6.45, 7) is 1.82. The maximum absolute atomic E-state index is 11.5. The van der Waals surface area contributed by atoms with Crippen LogP contribution in [0.1, 0.15) is 25.7 Å². The van der Waals surface area contributed by atoms with Crippen LogP contribution in [0.2, 0.25) is 0 Å². The van der Waals surface area contributed by atoms with Crippen LogP contribution in [0.5, 0.6) is 0 Å². The zero-order chi connectivity index (χ0) is 13.6. The molecular formula is C12H23N3O3. The van der Waals surface area contributed by atoms with Crippen molar-refractivity contribution in [3.05, 3.63) is 0 Å². The standard InChI is InChI=1S/C12H23N3O3/c1-15(2)7-6-13-11(18)14-9-12(4-3-5-12)8-10(16)17/h3-9H2,1-2H3,(H,16,17)(H2,13,14,18). The van der Waals surface area contributed by atoms with Crippen LogP contribution >= 0.6 is 0 Å². The van der Waals surface area contributed by atoms with E-state index in [1.54, 1.807) is 0 Å². The number of likely N-dealkylation sites (N-methyl/N-ethyl adjacent to an activating group) is 1. The molecule has 0 aromatic carbocycles. The molecule has 18 heavy (non-hydrogen) atoms. The molecule has 2 amide bonds. The number of amides is 2. The molecule has 1 fully saturated rings. The average molecular weight is 257 g/mol. The third-order valence-electron chi connectivity index (χ3n) is 3.41. The Morgan fingerprint density at radius 1 is 1.28 bits per heavy atom. The second-order valence-corrected chi connectivity index (χ2v) is 5.34. The SMILES string of the molecule is CN(C)CCNC(=O)NCC1(CC(=O)O)CCC1. The Kier molecular flexibility index (Phi) is 5.40. The van der Waals surface area contributed by atoms with Gasteiger partial charge in [0.15, 0.2) is 0 Å². The molecule has 0 saturated heterocycles. The molecule has 3 N–H and O–H groups in total. The van der Waals surface area contributed by atoms with Gasteiger partial charge in [-0.1, -0.05) is 6.42 Å². The van der Waals surface area contributed by atoms with Gasteiger partial charge in [0.1, 0.15) is 0 Å². The first kappa shape index (κ1) is 14.8. The van der Waals surface area contributed by atoms with E-state index in [1.807, 2.05) is 19.0 Å². The number of nitrogens with one attached hydrogen (secondary N) is 2. The maximum atomic E-state index is 11.5. The van der Waals surface area contributed by atoms with Crippen LogP contribution in [0, 0.1) is 5.41 Å². The number of rotatable bonds is 7. The summed E-state index contributed by atoms with van der Waals surface area (Å²) in [5.74, 6) is -0.787. The van der Waals surface area contributed by atoms with Crippen LogP contribution in [0.25, 0.3) is 0 Å². The van der Waals surface area contributed by atoms with Crippen molar-refractivity contribution in [1.82, 2.24) is 15.5 Å². The molecule has 1 aliphatic rings. The fourth-order valence-corrected chi connectivity index (χ4v) is 2.14. The van der Waals surface area contributed by atoms with E-state index in [0.717, 1.165) is 25.8 Å². The Morgan fingerprint density at radius 3 is 2.39 bits per heavy atom. The second-order valence-electron chi connectivity index (χ2n) is 5.34. The van der Waals surface area contributed by atoms with Crippen molar-refractivity contribution in [1.29, 1.82) is 0 Å². The zero-order valence-electron chi connectivity index (χ0n) is 11.2. The average Bonchev–Trinajstić information content (AvgIpc) is 2.20. The van der Waals surface area contributed by atoms with Crippen LogP contribution in [0.4, 0.5) is 4.79 Å². The number of carboxylic acids is 1. The van der Waals surface area contributed by atoms with Crippen molar-refractivity contribution in [2.24, 2.45) is 5.41 Å². The summed E-state index contributed by atoms with van der Waals surface area (Å²) >= 11 is 0. The van der Waals surface area contributed by atoms with Crippen molar-refractivity contribution in [2.75, 3.05) is 33.7 Å². The molecule has 0 unspecified atom stereocenters. The van der Waals surface area contributed by atoms with Gasteiger partial charge < -0.3 is 20.6 Å². The summed E-state index contributed by atoms with van der Waals surface area (Å²) in [6.07, 6.45) is 2.97. The van der Waals surface area contributed by atoms with Crippen LogP contribution in [0.15, 0.2) is 0 Å². The molecule has 0 aliphatic heterocycles. The first-order chi connectivity index (χ1) is 8.43. The fraction of sp³-hybridized carbons (Fsp3) is 0.833. The first-order valence-electron chi connectivity index (χ1n) is 6.32. The highest BCUT2D eigenvalue weighted by atomic mass is 16.4. The van der Waals surface area contributed by atoms with E-state index in [9.17, 15) is 9.59 Å². The van der Waals surface area contributed by atoms with E-state index in [4.69, 9.17) is 5.11 Å². The Hall–Kier alpha value is -1.30. The summed E-state index contributed by atoms with van der Waals surface area (Å²) in [6, 6.07) is -0.214. The van der Waals surface area contributed by atoms with Crippen molar-refractivity contribution >= 4 is 12.0 Å². The minimum absolute atomic E-state index is 0.144. The molecule has 1 rings (SSSR count). The van der Waals surface area contributed by atoms with Gasteiger partial charge in [0.25, 0.3) is 0 Å². The summed E-state index contributed by atoms with van der Waals surface area (Å²) in [5.41, 5.74) is -0.218. The molecular weight excluding hydrogens is 234 g/mol. The minimum atomic E-state index is -0.787. The monoisotopic (exact) mass is 257 g/mol. The predicted octanol–water partition coefficient (Wildman–Crippen LogP) is 0.492. The number of nitrogens with zero attached hydrogens (tertiary/aromatic N) is 1. The summed E-state index contributed by atoms with van der Waals surface area (Å²) in [5, 5.41) is 14.4. The van der Waals surface area contributed by atoms with Crippen LogP contribution < -0.4 is 10.6 Å². The van der Waals surface area contributed by atoms with Gasteiger partial charge in [-0.2, -0.15) is 0 Å². The Bertz CT molecular complexity index is 301. The minimum Gasteiger partial charge on any atom is -0.481 e. The van der Waals surface area contributed by atoms with Crippen molar-refractivity contribution in [3.63, 3.8) is 0 Å². The maximum Gasteiger partial charge on any atom is 0.314 e. The molecule has 6 heteroatoms. The molecule has 0 atom stereocenters. The Morgan fingerprint density at radius 2 is 1.94 bits per heavy atom. The molecule has 6 nitrogen and oxygen atoms in total. The first-order valence-corrected chi connectivity index (χ1v) is 6.32. The van der Waals surface area contributed by atoms with E-state index in [-0.39, 0.29) is 17.9 Å². The lowest BCUT2D eigenvalue weighted by atomic mass is 9.66. The number of hydrogen-bond acceptors (Lipinski definition) is 3. The van der Waals surface area contributed by atoms with E-state index < -0.39 is 5.97 Å². The van der Waals surface area contributed by atoms with Gasteiger partial charge in [-0.15, -0.1) is 0 Å². The smallest absolute Gasteiger partial charge is 0.314 e. The third-order valence-corrected chi connectivity index (χ3v) is 3.41. The highest BCUT2D eigenvalue weighted by molar-refractivity contribution is 5.74. The van der Waals surface area contributed by atoms with Gasteiger partial charge in [-0.3, -0.25) is 4.79 Å². The van der Waals surface area contributed by atoms with Crippen molar-refractivity contribution in [2.45, 2.75) is 25.7 Å². The quantitative estimate of drug-likeness (QED) is 0.620. The molecule has 0 heterocycles. The van der Waals surface area contributed by atoms with E-state index in [2.05, 4.69) is 10.6 Å². The van der Waals surface area contributed by atoms with E-state index in [0.29, 0.717) is 13.1 Å². The number of aliphatic carboxylic acids is 1. The number of hydrogen-bond donors (Lipinski definition) is 3. The van der Waals surface area contributed by atoms with Gasteiger partial charge in [-0.05, 0) is 32.4 Å². The lowest BCUT2D eigenvalue weighted by Gasteiger charge is -2.40. The summed E-state index contributed by atoms with van der Waals surface area (Å²) < 4.78 is 0. The fourth-order valence-electron chi connectivity index (χ4n) is 2.14. The number of urea groups is 1. The highest BCUT2D eigenvalue weighted by Crippen LogP contribution is 2.43.